The van der Waals surface area contributed by atoms with E-state index < -0.39 is 10.1 Å². The van der Waals surface area contributed by atoms with Crippen molar-refractivity contribution in [1.29, 1.82) is 5.26 Å². The van der Waals surface area contributed by atoms with Crippen LogP contribution in [0.4, 0.5) is 0 Å². The van der Waals surface area contributed by atoms with Crippen LogP contribution in [0.5, 0.6) is 0 Å². The van der Waals surface area contributed by atoms with Crippen LogP contribution in [0.1, 0.15) is 23.1 Å². The predicted molar refractivity (Wildman–Crippen MR) is 89.1 cm³/mol. The fraction of sp³-hybridized carbons (Fsp3) is 0.167. The number of nitrogens with zero attached hydrogens (tertiary/aromatic N) is 1. The molecule has 5 heteroatoms. The lowest BCUT2D eigenvalue weighted by Gasteiger charge is -2.08. The number of nitriles is 1. The van der Waals surface area contributed by atoms with Crippen molar-refractivity contribution in [3.63, 3.8) is 0 Å². The summed E-state index contributed by atoms with van der Waals surface area (Å²) >= 11 is 0. The second-order valence-electron chi connectivity index (χ2n) is 5.13. The second kappa shape index (κ2) is 7.23. The quantitative estimate of drug-likeness (QED) is 0.759. The molecular formula is C18H17NO3S. The maximum Gasteiger partial charge on any atom is 0.296 e. The largest absolute Gasteiger partial charge is 0.296 e. The van der Waals surface area contributed by atoms with Gasteiger partial charge in [0.1, 0.15) is 0 Å². The zero-order valence-corrected chi connectivity index (χ0v) is 13.6. The van der Waals surface area contributed by atoms with E-state index in [0.29, 0.717) is 12.0 Å². The third-order valence-electron chi connectivity index (χ3n) is 3.37. The minimum absolute atomic E-state index is 0.0229. The molecule has 0 spiro atoms. The molecule has 4 nitrogen and oxygen atoms in total. The zero-order chi connectivity index (χ0) is 16.9. The van der Waals surface area contributed by atoms with Gasteiger partial charge in [-0.15, -0.1) is 0 Å². The minimum atomic E-state index is -3.75. The van der Waals surface area contributed by atoms with Gasteiger partial charge in [0.2, 0.25) is 0 Å². The van der Waals surface area contributed by atoms with Crippen LogP contribution >= 0.6 is 0 Å². The highest BCUT2D eigenvalue weighted by atomic mass is 32.2. The Morgan fingerprint density at radius 2 is 1.74 bits per heavy atom. The van der Waals surface area contributed by atoms with Crippen molar-refractivity contribution < 1.29 is 12.6 Å². The van der Waals surface area contributed by atoms with Gasteiger partial charge in [0, 0.05) is 0 Å². The average Bonchev–Trinajstić information content (AvgIpc) is 2.55. The van der Waals surface area contributed by atoms with E-state index >= 15 is 0 Å². The number of benzene rings is 2. The summed E-state index contributed by atoms with van der Waals surface area (Å²) in [4.78, 5) is 0.145. The van der Waals surface area contributed by atoms with E-state index in [9.17, 15) is 8.42 Å². The molecule has 0 fully saturated rings. The minimum Gasteiger partial charge on any atom is -0.266 e. The van der Waals surface area contributed by atoms with Crippen molar-refractivity contribution >= 4 is 15.7 Å². The smallest absolute Gasteiger partial charge is 0.266 e. The van der Waals surface area contributed by atoms with Crippen molar-refractivity contribution in [1.82, 2.24) is 0 Å². The first-order valence-corrected chi connectivity index (χ1v) is 8.47. The first-order chi connectivity index (χ1) is 10.9. The van der Waals surface area contributed by atoms with E-state index in [2.05, 4.69) is 6.58 Å². The van der Waals surface area contributed by atoms with Gasteiger partial charge in [-0.05, 0) is 48.7 Å². The van der Waals surface area contributed by atoms with Crippen LogP contribution in [0.3, 0.4) is 0 Å². The summed E-state index contributed by atoms with van der Waals surface area (Å²) in [5.41, 5.74) is 3.17. The van der Waals surface area contributed by atoms with Gasteiger partial charge in [-0.2, -0.15) is 13.7 Å². The van der Waals surface area contributed by atoms with Gasteiger partial charge in [0.05, 0.1) is 23.1 Å². The van der Waals surface area contributed by atoms with Gasteiger partial charge in [0.25, 0.3) is 10.1 Å². The molecule has 0 aliphatic carbocycles. The van der Waals surface area contributed by atoms with Crippen molar-refractivity contribution in [2.45, 2.75) is 18.2 Å². The summed E-state index contributed by atoms with van der Waals surface area (Å²) in [7, 11) is -3.75. The highest BCUT2D eigenvalue weighted by Crippen LogP contribution is 2.19. The van der Waals surface area contributed by atoms with Gasteiger partial charge in [-0.3, -0.25) is 4.18 Å². The van der Waals surface area contributed by atoms with Crippen LogP contribution < -0.4 is 0 Å². The summed E-state index contributed by atoms with van der Waals surface area (Å²) in [5.74, 6) is 0. The normalized spacial score (nSPS) is 11.0. The van der Waals surface area contributed by atoms with Crippen LogP contribution in [0, 0.1) is 18.3 Å². The Balaban J connectivity index is 1.94. The van der Waals surface area contributed by atoms with Crippen molar-refractivity contribution in [3.8, 4) is 6.07 Å². The Bertz CT molecular complexity index is 829. The molecule has 0 bridgehead atoms. The molecule has 23 heavy (non-hydrogen) atoms. The van der Waals surface area contributed by atoms with Crippen LogP contribution in [-0.2, 0) is 14.3 Å². The summed E-state index contributed by atoms with van der Waals surface area (Å²) in [6, 6.07) is 15.5. The zero-order valence-electron chi connectivity index (χ0n) is 12.8. The number of hydrogen-bond donors (Lipinski definition) is 0. The van der Waals surface area contributed by atoms with E-state index in [0.717, 1.165) is 16.7 Å². The molecule has 118 valence electrons. The van der Waals surface area contributed by atoms with Crippen molar-refractivity contribution in [3.05, 3.63) is 71.8 Å². The maximum absolute atomic E-state index is 12.1. The molecule has 0 saturated carbocycles. The number of hydrogen-bond acceptors (Lipinski definition) is 4. The molecule has 0 atom stereocenters. The van der Waals surface area contributed by atoms with E-state index in [-0.39, 0.29) is 11.5 Å². The molecule has 2 rings (SSSR count). The fourth-order valence-corrected chi connectivity index (χ4v) is 2.88. The molecule has 0 unspecified atom stereocenters. The molecule has 2 aromatic carbocycles. The van der Waals surface area contributed by atoms with Crippen LogP contribution in [0.2, 0.25) is 0 Å². The predicted octanol–water partition coefficient (Wildman–Crippen LogP) is 3.68. The Labute approximate surface area is 136 Å². The Kier molecular flexibility index (Phi) is 5.32. The summed E-state index contributed by atoms with van der Waals surface area (Å²) in [5, 5.41) is 8.76. The monoisotopic (exact) mass is 327 g/mol. The molecule has 0 amide bonds. The molecule has 2 aromatic rings. The molecule has 0 aliphatic heterocycles. The van der Waals surface area contributed by atoms with Crippen LogP contribution in [0.15, 0.2) is 60.0 Å². The molecule has 0 aliphatic rings. The lowest BCUT2D eigenvalue weighted by molar-refractivity contribution is 0.326. The standard InChI is InChI=1S/C18H17NO3S/c1-14-3-9-18(10-4-14)23(20,21)22-12-11-15(2)17-7-5-16(13-19)6-8-17/h3-10H,2,11-12H2,1H3. The maximum atomic E-state index is 12.1. The van der Waals surface area contributed by atoms with E-state index in [1.807, 2.05) is 13.0 Å². The van der Waals surface area contributed by atoms with Gasteiger partial charge >= 0.3 is 0 Å². The van der Waals surface area contributed by atoms with Gasteiger partial charge < -0.3 is 0 Å². The lowest BCUT2D eigenvalue weighted by Crippen LogP contribution is -2.08. The molecular weight excluding hydrogens is 310 g/mol. The highest BCUT2D eigenvalue weighted by molar-refractivity contribution is 7.86. The Morgan fingerprint density at radius 1 is 1.13 bits per heavy atom. The third-order valence-corrected chi connectivity index (χ3v) is 4.70. The molecule has 0 N–H and O–H groups in total. The third kappa shape index (κ3) is 4.52. The highest BCUT2D eigenvalue weighted by Gasteiger charge is 2.14. The van der Waals surface area contributed by atoms with E-state index in [1.165, 1.54) is 12.1 Å². The Morgan fingerprint density at radius 3 is 2.30 bits per heavy atom. The van der Waals surface area contributed by atoms with Crippen LogP contribution in [-0.4, -0.2) is 15.0 Å². The first-order valence-electron chi connectivity index (χ1n) is 7.07. The molecule has 0 heterocycles. The number of rotatable bonds is 6. The van der Waals surface area contributed by atoms with E-state index in [1.54, 1.807) is 36.4 Å². The summed E-state index contributed by atoms with van der Waals surface area (Å²) in [6.45, 7) is 5.84. The van der Waals surface area contributed by atoms with Crippen molar-refractivity contribution in [2.24, 2.45) is 0 Å². The average molecular weight is 327 g/mol. The van der Waals surface area contributed by atoms with Crippen molar-refractivity contribution in [2.75, 3.05) is 6.61 Å². The van der Waals surface area contributed by atoms with E-state index in [4.69, 9.17) is 9.44 Å². The topological polar surface area (TPSA) is 67.2 Å². The van der Waals surface area contributed by atoms with Gasteiger partial charge in [-0.1, -0.05) is 36.4 Å². The molecule has 0 saturated heterocycles. The SMILES string of the molecule is C=C(CCOS(=O)(=O)c1ccc(C)cc1)c1ccc(C#N)cc1. The Hall–Kier alpha value is -2.42. The number of aryl methyl sites for hydroxylation is 1. The van der Waals surface area contributed by atoms with Crippen LogP contribution in [0.25, 0.3) is 5.57 Å². The van der Waals surface area contributed by atoms with Gasteiger partial charge in [0.15, 0.2) is 0 Å². The van der Waals surface area contributed by atoms with Gasteiger partial charge in [-0.25, -0.2) is 0 Å². The first kappa shape index (κ1) is 16.9. The summed E-state index contributed by atoms with van der Waals surface area (Å²) < 4.78 is 29.2. The molecule has 0 aromatic heterocycles. The fourth-order valence-electron chi connectivity index (χ4n) is 1.97. The second-order valence-corrected chi connectivity index (χ2v) is 6.75. The molecule has 0 radical (unpaired) electrons. The summed E-state index contributed by atoms with van der Waals surface area (Å²) in [6.07, 6.45) is 0.386. The lowest BCUT2D eigenvalue weighted by atomic mass is 10.0.